The van der Waals surface area contributed by atoms with Gasteiger partial charge in [-0.3, -0.25) is 0 Å². The van der Waals surface area contributed by atoms with Crippen LogP contribution in [0.15, 0.2) is 174 Å². The van der Waals surface area contributed by atoms with Crippen molar-refractivity contribution in [3.05, 3.63) is 169 Å². The van der Waals surface area contributed by atoms with Crippen LogP contribution in [-0.4, -0.2) is 0 Å². The molecule has 0 aliphatic rings. The van der Waals surface area contributed by atoms with Gasteiger partial charge in [0, 0.05) is 16.3 Å². The highest BCUT2D eigenvalue weighted by molar-refractivity contribution is 6.22. The number of hydrogen-bond acceptors (Lipinski definition) is 1. The summed E-state index contributed by atoms with van der Waals surface area (Å²) in [5.41, 5.74) is -2.65. The van der Waals surface area contributed by atoms with Gasteiger partial charge in [-0.05, 0) is 72.6 Å². The van der Waals surface area contributed by atoms with Gasteiger partial charge < -0.3 is 4.42 Å². The molecule has 0 aliphatic heterocycles. The minimum absolute atomic E-state index is 0.148. The maximum absolute atomic E-state index is 9.77. The van der Waals surface area contributed by atoms with Crippen LogP contribution in [0.2, 0.25) is 0 Å². The number of rotatable bonds is 4. The lowest BCUT2D eigenvalue weighted by atomic mass is 9.85. The molecule has 0 radical (unpaired) electrons. The van der Waals surface area contributed by atoms with Gasteiger partial charge in [0.2, 0.25) is 0 Å². The van der Waals surface area contributed by atoms with E-state index in [-0.39, 0.29) is 38.6 Å². The minimum Gasteiger partial charge on any atom is -0.455 e. The van der Waals surface area contributed by atoms with Crippen molar-refractivity contribution in [3.63, 3.8) is 0 Å². The lowest BCUT2D eigenvalue weighted by Gasteiger charge is -2.18. The third-order valence-electron chi connectivity index (χ3n) is 7.62. The first kappa shape index (κ1) is 12.6. The normalized spacial score (nSPS) is 17.8. The second kappa shape index (κ2) is 10.4. The summed E-state index contributed by atoms with van der Waals surface area (Å²) in [4.78, 5) is 0. The molecular formula is C44H28O. The van der Waals surface area contributed by atoms with Gasteiger partial charge in [-0.2, -0.15) is 0 Å². The van der Waals surface area contributed by atoms with Crippen LogP contribution in [0, 0.1) is 0 Å². The van der Waals surface area contributed by atoms with E-state index in [2.05, 4.69) is 0 Å². The fourth-order valence-electron chi connectivity index (χ4n) is 5.70. The molecule has 0 bridgehead atoms. The standard InChI is InChI=1S/C44H28O/c1-3-12-29(13-4-1)30-22-24-32(25-23-30)42-35-16-7-9-18-37(35)43(38-19-10-8-17-36(38)42)33-26-27-41-40(28-33)39-21-11-20-34(44(39)45-41)31-14-5-2-6-15-31/h1-28H/i1D,2D,3D,4D,5D,6D,11D,12D,13D,14D,15D,20D,21D,22D,23D,24D,25D,26D,27D,28D. The van der Waals surface area contributed by atoms with Crippen LogP contribution < -0.4 is 0 Å². The largest absolute Gasteiger partial charge is 0.455 e. The monoisotopic (exact) mass is 592 g/mol. The summed E-state index contributed by atoms with van der Waals surface area (Å²) < 4.78 is 181. The third kappa shape index (κ3) is 4.17. The van der Waals surface area contributed by atoms with Crippen LogP contribution in [0.4, 0.5) is 0 Å². The fraction of sp³-hybridized carbons (Fsp3) is 0. The van der Waals surface area contributed by atoms with Crippen molar-refractivity contribution in [1.82, 2.24) is 0 Å². The van der Waals surface area contributed by atoms with Gasteiger partial charge in [0.25, 0.3) is 0 Å². The summed E-state index contributed by atoms with van der Waals surface area (Å²) in [7, 11) is 0. The van der Waals surface area contributed by atoms with Gasteiger partial charge in [0.05, 0.1) is 27.4 Å². The summed E-state index contributed by atoms with van der Waals surface area (Å²) in [6, 6.07) is -0.124. The van der Waals surface area contributed by atoms with Crippen molar-refractivity contribution in [2.75, 3.05) is 0 Å². The van der Waals surface area contributed by atoms with E-state index in [9.17, 15) is 6.85 Å². The van der Waals surface area contributed by atoms with E-state index in [1.807, 2.05) is 0 Å². The Kier molecular flexibility index (Phi) is 2.90. The zero-order valence-corrected chi connectivity index (χ0v) is 23.0. The van der Waals surface area contributed by atoms with Gasteiger partial charge in [-0.1, -0.05) is 157 Å². The second-order valence-corrected chi connectivity index (χ2v) is 10.1. The number of para-hydroxylation sites is 1. The SMILES string of the molecule is [2H]c1c([2H])c([2H])c(-c2c([2H])c([2H])c(-c3c4ccccc4c(-c4c([2H])c([2H])c5oc6c(-c7c([2H])c([2H])c([2H])c([2H])c7[2H])c([2H])c([2H])c([2H])c6c5c4[2H])c4ccccc34)c([2H])c2[2H])c([2H])c1[2H]. The molecular weight excluding hydrogens is 544 g/mol. The number of furan rings is 1. The predicted octanol–water partition coefficient (Wildman–Crippen LogP) is 12.6. The predicted molar refractivity (Wildman–Crippen MR) is 190 cm³/mol. The molecule has 210 valence electrons. The van der Waals surface area contributed by atoms with Gasteiger partial charge in [0.1, 0.15) is 11.2 Å². The molecule has 45 heavy (non-hydrogen) atoms. The van der Waals surface area contributed by atoms with Crippen LogP contribution in [0.1, 0.15) is 27.4 Å². The maximum atomic E-state index is 9.77. The van der Waals surface area contributed by atoms with Gasteiger partial charge in [-0.15, -0.1) is 0 Å². The van der Waals surface area contributed by atoms with Gasteiger partial charge in [-0.25, -0.2) is 0 Å². The van der Waals surface area contributed by atoms with Crippen LogP contribution in [0.3, 0.4) is 0 Å². The molecule has 1 heteroatoms. The molecule has 9 aromatic rings. The first-order chi connectivity index (χ1) is 30.7. The van der Waals surface area contributed by atoms with Crippen molar-refractivity contribution < 1.29 is 31.8 Å². The first-order valence-electron chi connectivity index (χ1n) is 23.8. The first-order valence-corrected chi connectivity index (χ1v) is 13.8. The average molecular weight is 593 g/mol. The molecule has 1 heterocycles. The van der Waals surface area contributed by atoms with Crippen molar-refractivity contribution in [1.29, 1.82) is 0 Å². The molecule has 1 aromatic heterocycles. The summed E-state index contributed by atoms with van der Waals surface area (Å²) in [5.74, 6) is 0. The smallest absolute Gasteiger partial charge is 0.143 e. The molecule has 0 saturated carbocycles. The van der Waals surface area contributed by atoms with E-state index >= 15 is 0 Å². The molecule has 8 aromatic carbocycles. The Hall–Kier alpha value is -5.92. The number of hydrogen-bond donors (Lipinski definition) is 0. The van der Waals surface area contributed by atoms with Gasteiger partial charge in [0.15, 0.2) is 0 Å². The van der Waals surface area contributed by atoms with E-state index in [1.54, 1.807) is 48.5 Å². The summed E-state index contributed by atoms with van der Waals surface area (Å²) in [5, 5.41) is 0.788. The molecule has 0 amide bonds. The lowest BCUT2D eigenvalue weighted by Crippen LogP contribution is -1.91. The van der Waals surface area contributed by atoms with E-state index in [0.717, 1.165) is 0 Å². The highest BCUT2D eigenvalue weighted by atomic mass is 16.3. The van der Waals surface area contributed by atoms with Crippen molar-refractivity contribution in [2.45, 2.75) is 0 Å². The lowest BCUT2D eigenvalue weighted by molar-refractivity contribution is 0.670. The second-order valence-electron chi connectivity index (χ2n) is 10.1. The molecule has 0 N–H and O–H groups in total. The van der Waals surface area contributed by atoms with Crippen LogP contribution in [0.25, 0.3) is 88.0 Å². The molecule has 0 saturated heterocycles. The number of benzene rings is 8. The van der Waals surface area contributed by atoms with Crippen molar-refractivity contribution >= 4 is 43.5 Å². The summed E-state index contributed by atoms with van der Waals surface area (Å²) in [6.45, 7) is 0. The highest BCUT2D eigenvalue weighted by Gasteiger charge is 2.18. The van der Waals surface area contributed by atoms with Crippen LogP contribution in [-0.2, 0) is 0 Å². The molecule has 0 fully saturated rings. The van der Waals surface area contributed by atoms with Gasteiger partial charge >= 0.3 is 0 Å². The van der Waals surface area contributed by atoms with E-state index in [1.165, 1.54) is 0 Å². The van der Waals surface area contributed by atoms with Crippen LogP contribution >= 0.6 is 0 Å². The average Bonchev–Trinajstić information content (AvgIpc) is 3.70. The molecule has 0 aliphatic carbocycles. The Morgan fingerprint density at radius 2 is 0.889 bits per heavy atom. The summed E-state index contributed by atoms with van der Waals surface area (Å²) in [6.07, 6.45) is 0. The van der Waals surface area contributed by atoms with Crippen LogP contribution in [0.5, 0.6) is 0 Å². The third-order valence-corrected chi connectivity index (χ3v) is 7.62. The van der Waals surface area contributed by atoms with E-state index < -0.39 is 149 Å². The quantitative estimate of drug-likeness (QED) is 0.185. The topological polar surface area (TPSA) is 13.1 Å². The Labute approximate surface area is 289 Å². The zero-order valence-electron chi connectivity index (χ0n) is 43.0. The van der Waals surface area contributed by atoms with Crippen molar-refractivity contribution in [2.24, 2.45) is 0 Å². The Morgan fingerprint density at radius 1 is 0.378 bits per heavy atom. The summed E-state index contributed by atoms with van der Waals surface area (Å²) >= 11 is 0. The van der Waals surface area contributed by atoms with Crippen molar-refractivity contribution in [3.8, 4) is 44.5 Å². The Bertz CT molecular complexity index is 3520. The maximum Gasteiger partial charge on any atom is 0.143 e. The molecule has 0 atom stereocenters. The Balaban J connectivity index is 1.40. The van der Waals surface area contributed by atoms with E-state index in [0.29, 0.717) is 21.5 Å². The molecule has 0 spiro atoms. The van der Waals surface area contributed by atoms with E-state index in [4.69, 9.17) is 25.0 Å². The Morgan fingerprint density at radius 3 is 1.51 bits per heavy atom. The number of fused-ring (bicyclic) bond motifs is 5. The fourth-order valence-corrected chi connectivity index (χ4v) is 5.70. The molecule has 9 rings (SSSR count). The molecule has 0 unspecified atom stereocenters. The minimum atomic E-state index is -0.732. The highest BCUT2D eigenvalue weighted by Crippen LogP contribution is 2.45. The zero-order chi connectivity index (χ0) is 47.1. The molecule has 1 nitrogen and oxygen atoms in total.